The van der Waals surface area contributed by atoms with E-state index in [1.165, 1.54) is 19.5 Å². The molecule has 0 aliphatic carbocycles. The van der Waals surface area contributed by atoms with E-state index >= 15 is 0 Å². The van der Waals surface area contributed by atoms with Gasteiger partial charge in [-0.05, 0) is 51.6 Å². The first-order valence-corrected chi connectivity index (χ1v) is 7.67. The topological polar surface area (TPSA) is 24.5 Å². The van der Waals surface area contributed by atoms with Gasteiger partial charge in [0.15, 0.2) is 0 Å². The first-order valence-electron chi connectivity index (χ1n) is 7.67. The van der Waals surface area contributed by atoms with Crippen molar-refractivity contribution in [1.82, 2.24) is 10.2 Å². The summed E-state index contributed by atoms with van der Waals surface area (Å²) < 4.78 is 5.33. The summed E-state index contributed by atoms with van der Waals surface area (Å²) >= 11 is 0. The van der Waals surface area contributed by atoms with Gasteiger partial charge in [0.05, 0.1) is 0 Å². The van der Waals surface area contributed by atoms with Crippen molar-refractivity contribution in [1.29, 1.82) is 0 Å². The van der Waals surface area contributed by atoms with Crippen LogP contribution in [0, 0.1) is 11.8 Å². The molecule has 0 aromatic rings. The van der Waals surface area contributed by atoms with Crippen molar-refractivity contribution in [3.63, 3.8) is 0 Å². The fraction of sp³-hybridized carbons (Fsp3) is 1.00. The Balaban J connectivity index is 2.07. The first-order chi connectivity index (χ1) is 8.65. The largest absolute Gasteiger partial charge is 0.382 e. The predicted octanol–water partition coefficient (Wildman–Crippen LogP) is 2.37. The summed E-state index contributed by atoms with van der Waals surface area (Å²) in [6, 6.07) is 0.659. The van der Waals surface area contributed by atoms with Crippen LogP contribution in [0.2, 0.25) is 0 Å². The number of hydrogen-bond acceptors (Lipinski definition) is 3. The maximum Gasteiger partial charge on any atom is 0.0477 e. The number of piperidine rings is 1. The minimum absolute atomic E-state index is 0.659. The quantitative estimate of drug-likeness (QED) is 0.675. The molecule has 1 fully saturated rings. The Morgan fingerprint density at radius 2 is 2.11 bits per heavy atom. The van der Waals surface area contributed by atoms with Crippen molar-refractivity contribution in [3.8, 4) is 0 Å². The average molecular weight is 256 g/mol. The zero-order valence-corrected chi connectivity index (χ0v) is 12.7. The molecule has 3 unspecified atom stereocenters. The molecule has 3 atom stereocenters. The summed E-state index contributed by atoms with van der Waals surface area (Å²) in [6.07, 6.45) is 2.48. The molecule has 0 spiro atoms. The van der Waals surface area contributed by atoms with Gasteiger partial charge >= 0.3 is 0 Å². The fourth-order valence-corrected chi connectivity index (χ4v) is 2.58. The van der Waals surface area contributed by atoms with Crippen LogP contribution in [0.3, 0.4) is 0 Å². The molecule has 0 saturated carbocycles. The monoisotopic (exact) mass is 256 g/mol. The Labute approximate surface area is 113 Å². The number of likely N-dealkylation sites (tertiary alicyclic amines) is 1. The first kappa shape index (κ1) is 15.9. The lowest BCUT2D eigenvalue weighted by Crippen LogP contribution is -2.47. The molecule has 3 nitrogen and oxygen atoms in total. The minimum Gasteiger partial charge on any atom is -0.382 e. The highest BCUT2D eigenvalue weighted by Gasteiger charge is 2.25. The van der Waals surface area contributed by atoms with E-state index in [1.807, 2.05) is 6.92 Å². The SMILES string of the molecule is CCOCCCNCC(C)N1CCC(C)C(C)C1. The third-order valence-electron chi connectivity index (χ3n) is 4.27. The van der Waals surface area contributed by atoms with Crippen molar-refractivity contribution in [2.75, 3.05) is 39.4 Å². The molecule has 0 bridgehead atoms. The van der Waals surface area contributed by atoms with E-state index in [2.05, 4.69) is 31.0 Å². The van der Waals surface area contributed by atoms with Gasteiger partial charge in [-0.25, -0.2) is 0 Å². The highest BCUT2D eigenvalue weighted by atomic mass is 16.5. The Hall–Kier alpha value is -0.120. The van der Waals surface area contributed by atoms with Crippen molar-refractivity contribution in [3.05, 3.63) is 0 Å². The van der Waals surface area contributed by atoms with E-state index in [1.54, 1.807) is 0 Å². The van der Waals surface area contributed by atoms with Crippen LogP contribution >= 0.6 is 0 Å². The normalized spacial score (nSPS) is 27.3. The van der Waals surface area contributed by atoms with Gasteiger partial charge in [0.2, 0.25) is 0 Å². The lowest BCUT2D eigenvalue weighted by Gasteiger charge is -2.39. The number of rotatable bonds is 8. The Bertz CT molecular complexity index is 211. The molecule has 1 saturated heterocycles. The van der Waals surface area contributed by atoms with E-state index < -0.39 is 0 Å². The summed E-state index contributed by atoms with van der Waals surface area (Å²) in [4.78, 5) is 2.64. The molecule has 0 aromatic carbocycles. The van der Waals surface area contributed by atoms with E-state index in [-0.39, 0.29) is 0 Å². The second-order valence-corrected chi connectivity index (χ2v) is 5.84. The lowest BCUT2D eigenvalue weighted by molar-refractivity contribution is 0.101. The zero-order valence-electron chi connectivity index (χ0n) is 12.7. The molecule has 18 heavy (non-hydrogen) atoms. The van der Waals surface area contributed by atoms with Gasteiger partial charge < -0.3 is 10.1 Å². The van der Waals surface area contributed by atoms with Crippen LogP contribution in [-0.2, 0) is 4.74 Å². The maximum absolute atomic E-state index is 5.33. The highest BCUT2D eigenvalue weighted by Crippen LogP contribution is 2.23. The van der Waals surface area contributed by atoms with Crippen LogP contribution in [0.5, 0.6) is 0 Å². The molecule has 108 valence electrons. The average Bonchev–Trinajstić information content (AvgIpc) is 2.36. The van der Waals surface area contributed by atoms with Gasteiger partial charge in [-0.15, -0.1) is 0 Å². The summed E-state index contributed by atoms with van der Waals surface area (Å²) in [5, 5.41) is 3.55. The summed E-state index contributed by atoms with van der Waals surface area (Å²) in [7, 11) is 0. The summed E-state index contributed by atoms with van der Waals surface area (Å²) in [5.74, 6) is 1.74. The summed E-state index contributed by atoms with van der Waals surface area (Å²) in [6.45, 7) is 15.6. The van der Waals surface area contributed by atoms with Crippen LogP contribution in [0.4, 0.5) is 0 Å². The minimum atomic E-state index is 0.659. The van der Waals surface area contributed by atoms with Crippen LogP contribution < -0.4 is 5.32 Å². The van der Waals surface area contributed by atoms with Gasteiger partial charge in [-0.1, -0.05) is 13.8 Å². The second kappa shape index (κ2) is 8.89. The molecule has 1 aliphatic heterocycles. The Morgan fingerprint density at radius 1 is 1.33 bits per heavy atom. The molecule has 0 amide bonds. The molecule has 1 rings (SSSR count). The van der Waals surface area contributed by atoms with Crippen molar-refractivity contribution < 1.29 is 4.74 Å². The third-order valence-corrected chi connectivity index (χ3v) is 4.27. The smallest absolute Gasteiger partial charge is 0.0477 e. The highest BCUT2D eigenvalue weighted by molar-refractivity contribution is 4.79. The van der Waals surface area contributed by atoms with Gasteiger partial charge in [0, 0.05) is 32.3 Å². The van der Waals surface area contributed by atoms with Crippen LogP contribution in [-0.4, -0.2) is 50.3 Å². The molecule has 0 aromatic heterocycles. The number of ether oxygens (including phenoxy) is 1. The molecular weight excluding hydrogens is 224 g/mol. The van der Waals surface area contributed by atoms with Crippen molar-refractivity contribution in [2.45, 2.75) is 46.6 Å². The predicted molar refractivity (Wildman–Crippen MR) is 78.0 cm³/mol. The lowest BCUT2D eigenvalue weighted by atomic mass is 9.88. The van der Waals surface area contributed by atoms with Crippen molar-refractivity contribution in [2.24, 2.45) is 11.8 Å². The third kappa shape index (κ3) is 5.68. The van der Waals surface area contributed by atoms with E-state index in [4.69, 9.17) is 4.74 Å². The van der Waals surface area contributed by atoms with Crippen molar-refractivity contribution >= 4 is 0 Å². The fourth-order valence-electron chi connectivity index (χ4n) is 2.58. The van der Waals surface area contributed by atoms with Gasteiger partial charge in [-0.2, -0.15) is 0 Å². The second-order valence-electron chi connectivity index (χ2n) is 5.84. The molecule has 1 aliphatic rings. The van der Waals surface area contributed by atoms with Gasteiger partial charge in [0.1, 0.15) is 0 Å². The molecular formula is C15H32N2O. The zero-order chi connectivity index (χ0) is 13.4. The number of nitrogens with one attached hydrogen (secondary N) is 1. The molecule has 1 heterocycles. The number of nitrogens with zero attached hydrogens (tertiary/aromatic N) is 1. The standard InChI is InChI=1S/C15H32N2O/c1-5-18-10-6-8-16-11-15(4)17-9-7-13(2)14(3)12-17/h13-16H,5-12H2,1-4H3. The Morgan fingerprint density at radius 3 is 2.78 bits per heavy atom. The maximum atomic E-state index is 5.33. The molecule has 0 radical (unpaired) electrons. The van der Waals surface area contributed by atoms with Crippen LogP contribution in [0.15, 0.2) is 0 Å². The number of hydrogen-bond donors (Lipinski definition) is 1. The van der Waals surface area contributed by atoms with Crippen LogP contribution in [0.25, 0.3) is 0 Å². The van der Waals surface area contributed by atoms with E-state index in [9.17, 15) is 0 Å². The van der Waals surface area contributed by atoms with E-state index in [0.717, 1.165) is 44.6 Å². The van der Waals surface area contributed by atoms with Gasteiger partial charge in [0.25, 0.3) is 0 Å². The van der Waals surface area contributed by atoms with Gasteiger partial charge in [-0.3, -0.25) is 4.90 Å². The van der Waals surface area contributed by atoms with Crippen LogP contribution in [0.1, 0.15) is 40.5 Å². The molecule has 1 N–H and O–H groups in total. The molecule has 3 heteroatoms. The van der Waals surface area contributed by atoms with E-state index in [0.29, 0.717) is 6.04 Å². The Kier molecular flexibility index (Phi) is 7.87. The summed E-state index contributed by atoms with van der Waals surface area (Å²) in [5.41, 5.74) is 0.